The van der Waals surface area contributed by atoms with Crippen LogP contribution >= 0.6 is 11.6 Å². The number of nitro benzene ring substituents is 1. The number of methoxy groups -OCH3 is 1. The molecule has 154 valence electrons. The van der Waals surface area contributed by atoms with Crippen molar-refractivity contribution >= 4 is 50.6 Å². The highest BCUT2D eigenvalue weighted by Gasteiger charge is 2.23. The monoisotopic (exact) mass is 441 g/mol. The van der Waals surface area contributed by atoms with Gasteiger partial charge in [0.25, 0.3) is 5.69 Å². The molecule has 0 aliphatic heterocycles. The number of hydrogen-bond acceptors (Lipinski definition) is 7. The van der Waals surface area contributed by atoms with E-state index < -0.39 is 33.4 Å². The number of rotatable bonds is 7. The van der Waals surface area contributed by atoms with E-state index in [2.05, 4.69) is 10.1 Å². The molecular formula is C17H16ClN3O7S. The lowest BCUT2D eigenvalue weighted by Crippen LogP contribution is -2.37. The molecule has 0 saturated carbocycles. The number of nitrogens with one attached hydrogen (secondary N) is 1. The summed E-state index contributed by atoms with van der Waals surface area (Å²) in [5, 5.41) is 13.5. The number of halogens is 1. The summed E-state index contributed by atoms with van der Waals surface area (Å²) in [5.41, 5.74) is -0.172. The Morgan fingerprint density at radius 1 is 1.24 bits per heavy atom. The van der Waals surface area contributed by atoms with Crippen molar-refractivity contribution in [3.8, 4) is 0 Å². The minimum Gasteiger partial charge on any atom is -0.465 e. The standard InChI is InChI=1S/C17H16ClN3O7S/c1-28-17(23)11-6-7-14(18)15(8-11)19-16(22)10-20(29(2,26)27)12-4-3-5-13(9-12)21(24)25/h3-9H,10H2,1-2H3,(H,19,22). The number of amides is 1. The van der Waals surface area contributed by atoms with Gasteiger partial charge in [-0.25, -0.2) is 13.2 Å². The Balaban J connectivity index is 2.30. The lowest BCUT2D eigenvalue weighted by Gasteiger charge is -2.22. The maximum Gasteiger partial charge on any atom is 0.337 e. The van der Waals surface area contributed by atoms with E-state index in [0.717, 1.165) is 12.3 Å². The second-order valence-corrected chi connectivity index (χ2v) is 8.09. The maximum atomic E-state index is 12.4. The number of sulfonamides is 1. The Morgan fingerprint density at radius 2 is 1.93 bits per heavy atom. The summed E-state index contributed by atoms with van der Waals surface area (Å²) >= 11 is 6.01. The number of hydrogen-bond donors (Lipinski definition) is 1. The average molecular weight is 442 g/mol. The molecule has 1 amide bonds. The fourth-order valence-electron chi connectivity index (χ4n) is 2.35. The van der Waals surface area contributed by atoms with Crippen molar-refractivity contribution in [3.63, 3.8) is 0 Å². The first-order chi connectivity index (χ1) is 13.5. The van der Waals surface area contributed by atoms with Crippen molar-refractivity contribution < 1.29 is 27.7 Å². The van der Waals surface area contributed by atoms with Gasteiger partial charge >= 0.3 is 5.97 Å². The maximum absolute atomic E-state index is 12.4. The number of nitrogens with zero attached hydrogens (tertiary/aromatic N) is 2. The average Bonchev–Trinajstić information content (AvgIpc) is 2.66. The third-order valence-corrected chi connectivity index (χ3v) is 5.15. The second-order valence-electron chi connectivity index (χ2n) is 5.78. The number of ether oxygens (including phenoxy) is 1. The molecule has 2 aromatic carbocycles. The summed E-state index contributed by atoms with van der Waals surface area (Å²) in [5.74, 6) is -1.42. The summed E-state index contributed by atoms with van der Waals surface area (Å²) < 4.78 is 29.6. The van der Waals surface area contributed by atoms with Gasteiger partial charge in [0, 0.05) is 12.1 Å². The summed E-state index contributed by atoms with van der Waals surface area (Å²) in [6, 6.07) is 8.92. The van der Waals surface area contributed by atoms with Gasteiger partial charge in [-0.05, 0) is 24.3 Å². The van der Waals surface area contributed by atoms with Crippen molar-refractivity contribution in [1.82, 2.24) is 0 Å². The quantitative estimate of drug-likeness (QED) is 0.396. The van der Waals surface area contributed by atoms with Crippen LogP contribution in [-0.2, 0) is 19.6 Å². The van der Waals surface area contributed by atoms with Gasteiger partial charge in [-0.1, -0.05) is 17.7 Å². The van der Waals surface area contributed by atoms with Crippen LogP contribution in [0, 0.1) is 10.1 Å². The van der Waals surface area contributed by atoms with E-state index >= 15 is 0 Å². The van der Waals surface area contributed by atoms with Gasteiger partial charge in [0.2, 0.25) is 15.9 Å². The molecule has 0 atom stereocenters. The molecule has 2 aromatic rings. The van der Waals surface area contributed by atoms with Crippen LogP contribution in [0.3, 0.4) is 0 Å². The molecule has 29 heavy (non-hydrogen) atoms. The van der Waals surface area contributed by atoms with Gasteiger partial charge in [-0.2, -0.15) is 0 Å². The zero-order valence-electron chi connectivity index (χ0n) is 15.3. The predicted molar refractivity (Wildman–Crippen MR) is 107 cm³/mol. The predicted octanol–water partition coefficient (Wildman–Crippen LogP) is 2.44. The highest BCUT2D eigenvalue weighted by molar-refractivity contribution is 7.92. The fraction of sp³-hybridized carbons (Fsp3) is 0.176. The van der Waals surface area contributed by atoms with Gasteiger partial charge in [0.05, 0.1) is 40.2 Å². The summed E-state index contributed by atoms with van der Waals surface area (Å²) in [7, 11) is -2.75. The van der Waals surface area contributed by atoms with Gasteiger partial charge < -0.3 is 10.1 Å². The topological polar surface area (TPSA) is 136 Å². The molecule has 0 aliphatic carbocycles. The minimum atomic E-state index is -3.94. The normalized spacial score (nSPS) is 10.9. The highest BCUT2D eigenvalue weighted by Crippen LogP contribution is 2.25. The molecule has 0 bridgehead atoms. The van der Waals surface area contributed by atoms with Crippen molar-refractivity contribution in [2.75, 3.05) is 29.5 Å². The first-order valence-electron chi connectivity index (χ1n) is 7.93. The highest BCUT2D eigenvalue weighted by atomic mass is 35.5. The van der Waals surface area contributed by atoms with Crippen LogP contribution in [0.15, 0.2) is 42.5 Å². The zero-order valence-corrected chi connectivity index (χ0v) is 16.9. The number of benzene rings is 2. The van der Waals surface area contributed by atoms with Crippen LogP contribution in [0.4, 0.5) is 17.1 Å². The van der Waals surface area contributed by atoms with E-state index in [0.29, 0.717) is 4.31 Å². The van der Waals surface area contributed by atoms with E-state index in [1.165, 1.54) is 43.5 Å². The molecule has 0 saturated heterocycles. The molecule has 0 aromatic heterocycles. The van der Waals surface area contributed by atoms with Crippen LogP contribution in [0.1, 0.15) is 10.4 Å². The van der Waals surface area contributed by atoms with E-state index in [-0.39, 0.29) is 27.6 Å². The summed E-state index contributed by atoms with van der Waals surface area (Å²) in [6.07, 6.45) is 0.865. The lowest BCUT2D eigenvalue weighted by atomic mass is 10.2. The van der Waals surface area contributed by atoms with E-state index in [4.69, 9.17) is 11.6 Å². The van der Waals surface area contributed by atoms with Gasteiger partial charge in [-0.15, -0.1) is 0 Å². The first-order valence-corrected chi connectivity index (χ1v) is 10.2. The molecule has 0 heterocycles. The van der Waals surface area contributed by atoms with Crippen molar-refractivity contribution in [3.05, 3.63) is 63.2 Å². The smallest absolute Gasteiger partial charge is 0.337 e. The van der Waals surface area contributed by atoms with Gasteiger partial charge in [0.15, 0.2) is 0 Å². The van der Waals surface area contributed by atoms with E-state index in [1.807, 2.05) is 0 Å². The van der Waals surface area contributed by atoms with Crippen molar-refractivity contribution in [2.24, 2.45) is 0 Å². The van der Waals surface area contributed by atoms with Gasteiger partial charge in [-0.3, -0.25) is 19.2 Å². The number of carbonyl (C=O) groups excluding carboxylic acids is 2. The number of esters is 1. The van der Waals surface area contributed by atoms with Crippen LogP contribution in [0.2, 0.25) is 5.02 Å². The number of carbonyl (C=O) groups is 2. The summed E-state index contributed by atoms with van der Waals surface area (Å²) in [6.45, 7) is -0.668. The molecule has 1 N–H and O–H groups in total. The molecule has 0 radical (unpaired) electrons. The second kappa shape index (κ2) is 8.88. The largest absolute Gasteiger partial charge is 0.465 e. The van der Waals surface area contributed by atoms with E-state index in [1.54, 1.807) is 0 Å². The van der Waals surface area contributed by atoms with Crippen LogP contribution in [-0.4, -0.2) is 45.1 Å². The molecule has 0 fully saturated rings. The Bertz CT molecular complexity index is 1070. The fourth-order valence-corrected chi connectivity index (χ4v) is 3.36. The molecule has 0 unspecified atom stereocenters. The third-order valence-electron chi connectivity index (χ3n) is 3.68. The Labute approximate surface area is 171 Å². The van der Waals surface area contributed by atoms with Crippen molar-refractivity contribution in [2.45, 2.75) is 0 Å². The minimum absolute atomic E-state index is 0.0498. The molecule has 0 aliphatic rings. The van der Waals surface area contributed by atoms with E-state index in [9.17, 15) is 28.1 Å². The van der Waals surface area contributed by atoms with Crippen LogP contribution in [0.5, 0.6) is 0 Å². The number of anilines is 2. The number of non-ortho nitro benzene ring substituents is 1. The SMILES string of the molecule is COC(=O)c1ccc(Cl)c(NC(=O)CN(c2cccc([N+](=O)[O-])c2)S(C)(=O)=O)c1. The Kier molecular flexibility index (Phi) is 6.77. The third kappa shape index (κ3) is 5.65. The lowest BCUT2D eigenvalue weighted by molar-refractivity contribution is -0.384. The number of nitro groups is 1. The summed E-state index contributed by atoms with van der Waals surface area (Å²) in [4.78, 5) is 34.3. The Hall–Kier alpha value is -3.18. The Morgan fingerprint density at radius 3 is 2.52 bits per heavy atom. The molecule has 0 spiro atoms. The van der Waals surface area contributed by atoms with Crippen LogP contribution < -0.4 is 9.62 Å². The molecular weight excluding hydrogens is 426 g/mol. The van der Waals surface area contributed by atoms with Gasteiger partial charge in [0.1, 0.15) is 6.54 Å². The molecule has 12 heteroatoms. The first kappa shape index (κ1) is 22.1. The van der Waals surface area contributed by atoms with Crippen LogP contribution in [0.25, 0.3) is 0 Å². The zero-order chi connectivity index (χ0) is 21.8. The molecule has 10 nitrogen and oxygen atoms in total. The molecule has 2 rings (SSSR count). The van der Waals surface area contributed by atoms with Crippen molar-refractivity contribution in [1.29, 1.82) is 0 Å².